The molecule has 0 bridgehead atoms. The van der Waals surface area contributed by atoms with Gasteiger partial charge in [-0.15, -0.1) is 10.2 Å². The molecule has 1 saturated heterocycles. The largest absolute Gasteiger partial charge is 0.478 e. The monoisotopic (exact) mass is 477 g/mol. The van der Waals surface area contributed by atoms with E-state index in [2.05, 4.69) is 27.9 Å². The van der Waals surface area contributed by atoms with Gasteiger partial charge >= 0.3 is 6.03 Å². The highest BCUT2D eigenvalue weighted by Gasteiger charge is 2.52. The fourth-order valence-electron chi connectivity index (χ4n) is 3.82. The maximum atomic E-state index is 13.7. The van der Waals surface area contributed by atoms with Crippen molar-refractivity contribution < 1.29 is 27.9 Å². The lowest BCUT2D eigenvalue weighted by Gasteiger charge is -2.33. The number of rotatable bonds is 7. The summed E-state index contributed by atoms with van der Waals surface area (Å²) in [5.41, 5.74) is 1.42. The molecule has 1 atom stereocenters. The number of urea groups is 1. The third-order valence-electron chi connectivity index (χ3n) is 5.76. The average Bonchev–Trinajstić information content (AvgIpc) is 3.35. The van der Waals surface area contributed by atoms with E-state index in [9.17, 15) is 18.8 Å². The molecular weight excluding hydrogens is 453 g/mol. The smallest absolute Gasteiger partial charge is 0.344 e. The van der Waals surface area contributed by atoms with Crippen LogP contribution in [0.25, 0.3) is 0 Å². The lowest BCUT2D eigenvalue weighted by molar-refractivity contribution is -0.139. The number of halogens is 1. The van der Waals surface area contributed by atoms with Crippen molar-refractivity contribution in [1.82, 2.24) is 25.9 Å². The van der Waals surface area contributed by atoms with Gasteiger partial charge in [0.15, 0.2) is 17.7 Å². The zero-order valence-corrected chi connectivity index (χ0v) is 19.0. The first-order valence-corrected chi connectivity index (χ1v) is 11.6. The van der Waals surface area contributed by atoms with Crippen molar-refractivity contribution >= 4 is 29.6 Å². The zero-order valence-electron chi connectivity index (χ0n) is 18.2. The second-order valence-corrected chi connectivity index (χ2v) is 9.18. The molecule has 176 valence electrons. The van der Waals surface area contributed by atoms with Crippen molar-refractivity contribution in [2.45, 2.75) is 56.4 Å². The highest BCUT2D eigenvalue weighted by atomic mass is 32.2. The van der Waals surface area contributed by atoms with Gasteiger partial charge in [-0.3, -0.25) is 15.0 Å². The Labute approximate surface area is 193 Å². The number of carbonyl (C=O) groups is 3. The van der Waals surface area contributed by atoms with E-state index in [1.807, 2.05) is 0 Å². The van der Waals surface area contributed by atoms with Gasteiger partial charge in [0, 0.05) is 0 Å². The van der Waals surface area contributed by atoms with Gasteiger partial charge in [-0.25, -0.2) is 9.18 Å². The third-order valence-corrected chi connectivity index (χ3v) is 6.58. The molecule has 4 amide bonds. The maximum absolute atomic E-state index is 13.7. The van der Waals surface area contributed by atoms with E-state index in [1.54, 1.807) is 19.1 Å². The predicted octanol–water partition coefficient (Wildman–Crippen LogP) is 2.97. The molecule has 12 heteroatoms. The molecule has 0 unspecified atom stereocenters. The number of hydrazine groups is 1. The second-order valence-electron chi connectivity index (χ2n) is 8.26. The summed E-state index contributed by atoms with van der Waals surface area (Å²) in [6, 6.07) is 5.31. The Kier molecular flexibility index (Phi) is 6.54. The lowest BCUT2D eigenvalue weighted by atomic mass is 9.77. The SMILES string of the molecule is CC1CCC2(CC1)NC(=O)N(NC(=O)CSc1nnc([C@H](C)Oc3ccccc3F)o1)C2=O. The number of hydrogen-bond donors (Lipinski definition) is 2. The summed E-state index contributed by atoms with van der Waals surface area (Å²) < 4.78 is 24.7. The summed E-state index contributed by atoms with van der Waals surface area (Å²) in [4.78, 5) is 37.4. The van der Waals surface area contributed by atoms with E-state index in [4.69, 9.17) is 9.15 Å². The van der Waals surface area contributed by atoms with Crippen LogP contribution in [0.4, 0.5) is 9.18 Å². The van der Waals surface area contributed by atoms with E-state index < -0.39 is 35.3 Å². The van der Waals surface area contributed by atoms with Crippen molar-refractivity contribution in [3.63, 3.8) is 0 Å². The van der Waals surface area contributed by atoms with E-state index in [1.165, 1.54) is 12.1 Å². The quantitative estimate of drug-likeness (QED) is 0.460. The van der Waals surface area contributed by atoms with Gasteiger partial charge in [0.2, 0.25) is 5.91 Å². The minimum Gasteiger partial charge on any atom is -0.478 e. The molecule has 4 rings (SSSR count). The van der Waals surface area contributed by atoms with E-state index in [0.29, 0.717) is 18.8 Å². The van der Waals surface area contributed by atoms with Crippen LogP contribution in [0.5, 0.6) is 5.75 Å². The molecule has 2 aromatic rings. The van der Waals surface area contributed by atoms with Crippen molar-refractivity contribution in [1.29, 1.82) is 0 Å². The normalized spacial score (nSPS) is 23.5. The highest BCUT2D eigenvalue weighted by Crippen LogP contribution is 2.35. The molecule has 1 aliphatic carbocycles. The molecule has 2 aliphatic rings. The molecule has 10 nitrogen and oxygen atoms in total. The minimum absolute atomic E-state index is 0.0514. The first kappa shape index (κ1) is 23.0. The Balaban J connectivity index is 1.29. The summed E-state index contributed by atoms with van der Waals surface area (Å²) >= 11 is 0.938. The fourth-order valence-corrected chi connectivity index (χ4v) is 4.39. The Bertz CT molecular complexity index is 1060. The van der Waals surface area contributed by atoms with E-state index in [-0.39, 0.29) is 22.6 Å². The molecule has 1 aliphatic heterocycles. The first-order chi connectivity index (χ1) is 15.8. The van der Waals surface area contributed by atoms with E-state index in [0.717, 1.165) is 29.6 Å². The molecule has 1 spiro atoms. The van der Waals surface area contributed by atoms with Crippen LogP contribution in [0.3, 0.4) is 0 Å². The second kappa shape index (κ2) is 9.38. The number of imide groups is 1. The van der Waals surface area contributed by atoms with Gasteiger partial charge in [-0.05, 0) is 50.7 Å². The van der Waals surface area contributed by atoms with Crippen molar-refractivity contribution in [3.05, 3.63) is 36.0 Å². The van der Waals surface area contributed by atoms with Crippen LogP contribution in [-0.2, 0) is 9.59 Å². The van der Waals surface area contributed by atoms with Crippen LogP contribution in [0, 0.1) is 11.7 Å². The average molecular weight is 478 g/mol. The van der Waals surface area contributed by atoms with E-state index >= 15 is 0 Å². The van der Waals surface area contributed by atoms with Crippen molar-refractivity contribution in [2.75, 3.05) is 5.75 Å². The standard InChI is InChI=1S/C21H24FN5O5S/c1-12-7-9-21(10-8-12)18(29)27(19(30)23-21)26-16(28)11-33-20-25-24-17(32-20)13(2)31-15-6-4-3-5-14(15)22/h3-6,12-13H,7-11H2,1-2H3,(H,23,30)(H,26,28)/t12?,13-,21?/m0/s1. The van der Waals surface area contributed by atoms with Gasteiger partial charge < -0.3 is 14.5 Å². The predicted molar refractivity (Wildman–Crippen MR) is 114 cm³/mol. The number of ether oxygens (including phenoxy) is 1. The number of carbonyl (C=O) groups excluding carboxylic acids is 3. The van der Waals surface area contributed by atoms with Crippen LogP contribution in [0.2, 0.25) is 0 Å². The minimum atomic E-state index is -0.931. The number of amides is 4. The van der Waals surface area contributed by atoms with Crippen LogP contribution in [0.15, 0.2) is 33.9 Å². The molecule has 0 radical (unpaired) electrons. The molecular formula is C21H24FN5O5S. The van der Waals surface area contributed by atoms with Crippen LogP contribution in [-0.4, -0.2) is 44.3 Å². The molecule has 2 heterocycles. The van der Waals surface area contributed by atoms with Gasteiger partial charge in [-0.1, -0.05) is 30.8 Å². The van der Waals surface area contributed by atoms with Crippen LogP contribution in [0.1, 0.15) is 51.5 Å². The molecule has 2 N–H and O–H groups in total. The van der Waals surface area contributed by atoms with Crippen molar-refractivity contribution in [2.24, 2.45) is 5.92 Å². The Morgan fingerprint density at radius 1 is 1.36 bits per heavy atom. The summed E-state index contributed by atoms with van der Waals surface area (Å²) in [6.45, 7) is 3.74. The number of para-hydroxylation sites is 1. The molecule has 1 aromatic carbocycles. The number of hydrogen-bond acceptors (Lipinski definition) is 8. The van der Waals surface area contributed by atoms with Crippen LogP contribution < -0.4 is 15.5 Å². The fraction of sp³-hybridized carbons (Fsp3) is 0.476. The van der Waals surface area contributed by atoms with Crippen LogP contribution >= 0.6 is 11.8 Å². The summed E-state index contributed by atoms with van der Waals surface area (Å²) in [7, 11) is 0. The number of nitrogens with zero attached hydrogens (tertiary/aromatic N) is 3. The zero-order chi connectivity index (χ0) is 23.6. The lowest BCUT2D eigenvalue weighted by Crippen LogP contribution is -2.51. The third kappa shape index (κ3) is 4.95. The summed E-state index contributed by atoms with van der Waals surface area (Å²) in [5, 5.41) is 11.3. The number of benzene rings is 1. The Morgan fingerprint density at radius 2 is 2.09 bits per heavy atom. The van der Waals surface area contributed by atoms with Gasteiger partial charge in [0.1, 0.15) is 5.54 Å². The highest BCUT2D eigenvalue weighted by molar-refractivity contribution is 7.99. The summed E-state index contributed by atoms with van der Waals surface area (Å²) in [5.74, 6) is -1.01. The Morgan fingerprint density at radius 3 is 2.82 bits per heavy atom. The Hall–Kier alpha value is -3.15. The number of nitrogens with one attached hydrogen (secondary N) is 2. The maximum Gasteiger partial charge on any atom is 0.344 e. The molecule has 2 fully saturated rings. The van der Waals surface area contributed by atoms with Gasteiger partial charge in [0.05, 0.1) is 5.75 Å². The number of aromatic nitrogens is 2. The van der Waals surface area contributed by atoms with Crippen molar-refractivity contribution in [3.8, 4) is 5.75 Å². The number of thioether (sulfide) groups is 1. The molecule has 1 saturated carbocycles. The summed E-state index contributed by atoms with van der Waals surface area (Å²) in [6.07, 6.45) is 2.07. The molecule has 1 aromatic heterocycles. The molecule has 33 heavy (non-hydrogen) atoms. The first-order valence-electron chi connectivity index (χ1n) is 10.6. The van der Waals surface area contributed by atoms with Gasteiger partial charge in [-0.2, -0.15) is 5.01 Å². The topological polar surface area (TPSA) is 127 Å². The van der Waals surface area contributed by atoms with Gasteiger partial charge in [0.25, 0.3) is 17.0 Å².